The van der Waals surface area contributed by atoms with E-state index >= 15 is 0 Å². The fourth-order valence-electron chi connectivity index (χ4n) is 2.79. The third kappa shape index (κ3) is 3.66. The lowest BCUT2D eigenvalue weighted by atomic mass is 10.2. The zero-order valence-electron chi connectivity index (χ0n) is 12.8. The van der Waals surface area contributed by atoms with Gasteiger partial charge in [-0.3, -0.25) is 14.9 Å². The summed E-state index contributed by atoms with van der Waals surface area (Å²) >= 11 is 2.04. The quantitative estimate of drug-likeness (QED) is 0.451. The number of anilines is 1. The van der Waals surface area contributed by atoms with Crippen LogP contribution in [0.15, 0.2) is 48.5 Å². The first-order valence-electron chi connectivity index (χ1n) is 7.59. The van der Waals surface area contributed by atoms with Gasteiger partial charge in [-0.1, -0.05) is 18.2 Å². The van der Waals surface area contributed by atoms with Crippen LogP contribution in [0, 0.1) is 13.7 Å². The van der Waals surface area contributed by atoms with Crippen LogP contribution in [0.2, 0.25) is 0 Å². The van der Waals surface area contributed by atoms with E-state index in [-0.39, 0.29) is 17.6 Å². The van der Waals surface area contributed by atoms with Gasteiger partial charge < -0.3 is 10.2 Å². The number of nitro groups is 1. The second kappa shape index (κ2) is 7.16. The number of likely N-dealkylation sites (tertiary alicyclic amines) is 1. The first-order chi connectivity index (χ1) is 11.5. The van der Waals surface area contributed by atoms with Gasteiger partial charge in [-0.05, 0) is 47.2 Å². The number of carbonyl (C=O) groups is 1. The van der Waals surface area contributed by atoms with E-state index < -0.39 is 4.92 Å². The summed E-state index contributed by atoms with van der Waals surface area (Å²) in [4.78, 5) is 24.9. The summed E-state index contributed by atoms with van der Waals surface area (Å²) in [6.45, 7) is 1.23. The Balaban J connectivity index is 1.70. The Morgan fingerprint density at radius 1 is 1.25 bits per heavy atom. The molecule has 2 aromatic carbocycles. The average Bonchev–Trinajstić information content (AvgIpc) is 3.04. The van der Waals surface area contributed by atoms with Gasteiger partial charge in [0.25, 0.3) is 11.6 Å². The number of para-hydroxylation sites is 1. The maximum Gasteiger partial charge on any atom is 0.270 e. The SMILES string of the molecule is O=C(c1cc([N+](=O)[O-])ccc1I)N1CCC(Nc2ccccc2)C1. The number of hydrogen-bond donors (Lipinski definition) is 1. The molecule has 1 atom stereocenters. The first kappa shape index (κ1) is 16.7. The van der Waals surface area contributed by atoms with Crippen LogP contribution in [0.3, 0.4) is 0 Å². The fraction of sp³-hybridized carbons (Fsp3) is 0.235. The second-order valence-electron chi connectivity index (χ2n) is 5.67. The summed E-state index contributed by atoms with van der Waals surface area (Å²) in [6.07, 6.45) is 0.853. The normalized spacial score (nSPS) is 16.9. The zero-order chi connectivity index (χ0) is 17.1. The summed E-state index contributed by atoms with van der Waals surface area (Å²) in [7, 11) is 0. The van der Waals surface area contributed by atoms with Crippen LogP contribution in [0.4, 0.5) is 11.4 Å². The summed E-state index contributed by atoms with van der Waals surface area (Å²) in [6, 6.07) is 14.5. The molecule has 0 radical (unpaired) electrons. The van der Waals surface area contributed by atoms with Gasteiger partial charge in [0.05, 0.1) is 10.5 Å². The van der Waals surface area contributed by atoms with Crippen molar-refractivity contribution in [3.05, 3.63) is 67.8 Å². The van der Waals surface area contributed by atoms with Gasteiger partial charge in [0.1, 0.15) is 0 Å². The van der Waals surface area contributed by atoms with E-state index in [1.807, 2.05) is 52.9 Å². The Labute approximate surface area is 153 Å². The number of carbonyl (C=O) groups excluding carboxylic acids is 1. The van der Waals surface area contributed by atoms with E-state index in [0.29, 0.717) is 18.7 Å². The average molecular weight is 437 g/mol. The van der Waals surface area contributed by atoms with Gasteiger partial charge in [-0.15, -0.1) is 0 Å². The van der Waals surface area contributed by atoms with E-state index in [4.69, 9.17) is 0 Å². The van der Waals surface area contributed by atoms with E-state index in [1.54, 1.807) is 11.0 Å². The molecule has 1 aliphatic heterocycles. The lowest BCUT2D eigenvalue weighted by molar-refractivity contribution is -0.384. The van der Waals surface area contributed by atoms with Gasteiger partial charge in [0.2, 0.25) is 0 Å². The number of nitrogens with zero attached hydrogens (tertiary/aromatic N) is 2. The number of rotatable bonds is 4. The van der Waals surface area contributed by atoms with Crippen LogP contribution in [-0.4, -0.2) is 34.9 Å². The van der Waals surface area contributed by atoms with Crippen LogP contribution >= 0.6 is 22.6 Å². The monoisotopic (exact) mass is 437 g/mol. The fourth-order valence-corrected chi connectivity index (χ4v) is 3.36. The highest BCUT2D eigenvalue weighted by Crippen LogP contribution is 2.23. The molecule has 2 aromatic rings. The minimum atomic E-state index is -0.476. The molecule has 1 N–H and O–H groups in total. The molecule has 0 bridgehead atoms. The molecule has 0 spiro atoms. The van der Waals surface area contributed by atoms with Crippen LogP contribution in [0.25, 0.3) is 0 Å². The maximum atomic E-state index is 12.7. The number of non-ortho nitro benzene ring substituents is 1. The zero-order valence-corrected chi connectivity index (χ0v) is 15.0. The number of nitrogens with one attached hydrogen (secondary N) is 1. The molecule has 1 unspecified atom stereocenters. The van der Waals surface area contributed by atoms with E-state index in [1.165, 1.54) is 12.1 Å². The van der Waals surface area contributed by atoms with E-state index in [2.05, 4.69) is 5.32 Å². The Morgan fingerprint density at radius 3 is 2.71 bits per heavy atom. The number of halogens is 1. The van der Waals surface area contributed by atoms with Crippen LogP contribution in [0.5, 0.6) is 0 Å². The molecule has 0 aromatic heterocycles. The Bertz CT molecular complexity index is 767. The lowest BCUT2D eigenvalue weighted by Gasteiger charge is -2.18. The maximum absolute atomic E-state index is 12.7. The number of amides is 1. The molecular weight excluding hydrogens is 421 g/mol. The van der Waals surface area contributed by atoms with Crippen molar-refractivity contribution in [3.63, 3.8) is 0 Å². The van der Waals surface area contributed by atoms with Crippen molar-refractivity contribution in [1.82, 2.24) is 4.90 Å². The number of benzene rings is 2. The van der Waals surface area contributed by atoms with Crippen molar-refractivity contribution in [1.29, 1.82) is 0 Å². The Kier molecular flexibility index (Phi) is 4.98. The van der Waals surface area contributed by atoms with E-state index in [9.17, 15) is 14.9 Å². The van der Waals surface area contributed by atoms with Gasteiger partial charge >= 0.3 is 0 Å². The number of nitro benzene ring substituents is 1. The van der Waals surface area contributed by atoms with Crippen LogP contribution < -0.4 is 5.32 Å². The van der Waals surface area contributed by atoms with Crippen molar-refractivity contribution in [2.24, 2.45) is 0 Å². The third-order valence-corrected chi connectivity index (χ3v) is 4.95. The smallest absolute Gasteiger partial charge is 0.270 e. The molecule has 6 nitrogen and oxygen atoms in total. The minimum absolute atomic E-state index is 0.0584. The topological polar surface area (TPSA) is 75.5 Å². The van der Waals surface area contributed by atoms with Crippen molar-refractivity contribution in [2.75, 3.05) is 18.4 Å². The summed E-state index contributed by atoms with van der Waals surface area (Å²) in [5.41, 5.74) is 1.36. The molecule has 3 rings (SSSR count). The molecule has 124 valence electrons. The standard InChI is InChI=1S/C17H16IN3O3/c18-16-7-6-14(21(23)24)10-15(16)17(22)20-9-8-13(11-20)19-12-4-2-1-3-5-12/h1-7,10,13,19H,8-9,11H2. The lowest BCUT2D eigenvalue weighted by Crippen LogP contribution is -2.32. The number of hydrogen-bond acceptors (Lipinski definition) is 4. The first-order valence-corrected chi connectivity index (χ1v) is 8.67. The molecule has 24 heavy (non-hydrogen) atoms. The van der Waals surface area contributed by atoms with Crippen molar-refractivity contribution in [2.45, 2.75) is 12.5 Å². The van der Waals surface area contributed by atoms with Crippen molar-refractivity contribution in [3.8, 4) is 0 Å². The second-order valence-corrected chi connectivity index (χ2v) is 6.83. The van der Waals surface area contributed by atoms with Gasteiger partial charge in [-0.2, -0.15) is 0 Å². The van der Waals surface area contributed by atoms with Crippen LogP contribution in [-0.2, 0) is 0 Å². The molecule has 1 fully saturated rings. The highest BCUT2D eigenvalue weighted by molar-refractivity contribution is 14.1. The van der Waals surface area contributed by atoms with Crippen molar-refractivity contribution < 1.29 is 9.72 Å². The predicted molar refractivity (Wildman–Crippen MR) is 100 cm³/mol. The van der Waals surface area contributed by atoms with Gasteiger partial charge in [0.15, 0.2) is 0 Å². The Hall–Kier alpha value is -2.16. The molecule has 1 heterocycles. The van der Waals surface area contributed by atoms with E-state index in [0.717, 1.165) is 15.7 Å². The van der Waals surface area contributed by atoms with Crippen LogP contribution in [0.1, 0.15) is 16.8 Å². The largest absolute Gasteiger partial charge is 0.380 e. The third-order valence-electron chi connectivity index (χ3n) is 4.01. The molecule has 1 amide bonds. The molecule has 1 aliphatic rings. The summed E-state index contributed by atoms with van der Waals surface area (Å²) in [5.74, 6) is -0.152. The summed E-state index contributed by atoms with van der Waals surface area (Å²) in [5, 5.41) is 14.3. The Morgan fingerprint density at radius 2 is 2.00 bits per heavy atom. The van der Waals surface area contributed by atoms with Crippen molar-refractivity contribution >= 4 is 39.9 Å². The molecule has 0 saturated carbocycles. The predicted octanol–water partition coefficient (Wildman–Crippen LogP) is 3.53. The highest BCUT2D eigenvalue weighted by Gasteiger charge is 2.28. The molecule has 0 aliphatic carbocycles. The molecule has 1 saturated heterocycles. The van der Waals surface area contributed by atoms with Gasteiger partial charge in [0, 0.05) is 40.5 Å². The highest BCUT2D eigenvalue weighted by atomic mass is 127. The molecular formula is C17H16IN3O3. The summed E-state index contributed by atoms with van der Waals surface area (Å²) < 4.78 is 0.725. The minimum Gasteiger partial charge on any atom is -0.380 e. The molecule has 7 heteroatoms. The van der Waals surface area contributed by atoms with Gasteiger partial charge in [-0.25, -0.2) is 0 Å².